The van der Waals surface area contributed by atoms with Gasteiger partial charge >= 0.3 is 0 Å². The molecule has 0 fully saturated rings. The minimum absolute atomic E-state index is 0.0405. The molecule has 0 radical (unpaired) electrons. The van der Waals surface area contributed by atoms with Crippen molar-refractivity contribution in [3.05, 3.63) is 60.1 Å². The molecule has 0 aliphatic carbocycles. The number of carbonyl (C=O) groups is 1. The summed E-state index contributed by atoms with van der Waals surface area (Å²) < 4.78 is 21.8. The molecule has 1 N–H and O–H groups in total. The van der Waals surface area contributed by atoms with Crippen LogP contribution in [0.15, 0.2) is 53.1 Å². The molecular weight excluding hydrogens is 396 g/mol. The Labute approximate surface area is 182 Å². The van der Waals surface area contributed by atoms with Gasteiger partial charge in [0.05, 0.1) is 27.0 Å². The first-order chi connectivity index (χ1) is 15.1. The number of oxazole rings is 1. The van der Waals surface area contributed by atoms with Gasteiger partial charge in [0.2, 0.25) is 5.91 Å². The van der Waals surface area contributed by atoms with Crippen molar-refractivity contribution >= 4 is 5.91 Å². The van der Waals surface area contributed by atoms with Gasteiger partial charge in [-0.05, 0) is 55.3 Å². The van der Waals surface area contributed by atoms with Crippen molar-refractivity contribution in [1.82, 2.24) is 10.3 Å². The number of hydrogen-bond acceptors (Lipinski definition) is 6. The molecule has 7 nitrogen and oxygen atoms in total. The van der Waals surface area contributed by atoms with E-state index in [4.69, 9.17) is 18.6 Å². The molecule has 0 unspecified atom stereocenters. The highest BCUT2D eigenvalue weighted by atomic mass is 16.5. The van der Waals surface area contributed by atoms with Crippen molar-refractivity contribution in [3.8, 4) is 28.6 Å². The highest BCUT2D eigenvalue weighted by Gasteiger charge is 2.10. The topological polar surface area (TPSA) is 82.8 Å². The number of ether oxygens (including phenoxy) is 3. The molecule has 1 aromatic heterocycles. The standard InChI is InChI=1S/C24H28N2O5/c1-4-30-19-8-6-18(7-9-19)22-16-26-24(31-22)12-11-23(27)25-14-13-17-5-10-20(28-2)21(15-17)29-3/h5-10,15-16H,4,11-14H2,1-3H3,(H,25,27). The first-order valence-electron chi connectivity index (χ1n) is 10.3. The molecule has 3 rings (SSSR count). The fourth-order valence-corrected chi connectivity index (χ4v) is 3.13. The van der Waals surface area contributed by atoms with Crippen LogP contribution in [0.25, 0.3) is 11.3 Å². The van der Waals surface area contributed by atoms with Gasteiger partial charge in [-0.15, -0.1) is 0 Å². The molecule has 0 spiro atoms. The zero-order chi connectivity index (χ0) is 22.1. The minimum atomic E-state index is -0.0405. The molecule has 31 heavy (non-hydrogen) atoms. The molecule has 0 aliphatic heterocycles. The average molecular weight is 424 g/mol. The lowest BCUT2D eigenvalue weighted by Gasteiger charge is -2.10. The van der Waals surface area contributed by atoms with E-state index >= 15 is 0 Å². The maximum absolute atomic E-state index is 12.2. The summed E-state index contributed by atoms with van der Waals surface area (Å²) in [5, 5.41) is 2.93. The van der Waals surface area contributed by atoms with Crippen molar-refractivity contribution < 1.29 is 23.4 Å². The lowest BCUT2D eigenvalue weighted by Crippen LogP contribution is -2.25. The van der Waals surface area contributed by atoms with E-state index in [0.29, 0.717) is 55.6 Å². The molecule has 0 saturated carbocycles. The molecule has 0 aliphatic rings. The number of hydrogen-bond donors (Lipinski definition) is 1. The fourth-order valence-electron chi connectivity index (χ4n) is 3.13. The zero-order valence-electron chi connectivity index (χ0n) is 18.1. The lowest BCUT2D eigenvalue weighted by molar-refractivity contribution is -0.121. The molecule has 2 aromatic carbocycles. The van der Waals surface area contributed by atoms with Gasteiger partial charge in [0, 0.05) is 24.9 Å². The van der Waals surface area contributed by atoms with E-state index in [1.54, 1.807) is 20.4 Å². The summed E-state index contributed by atoms with van der Waals surface area (Å²) in [5.74, 6) is 3.35. The normalized spacial score (nSPS) is 10.5. The Bertz CT molecular complexity index is 982. The second kappa shape index (κ2) is 11.1. The van der Waals surface area contributed by atoms with Crippen LogP contribution in [0.2, 0.25) is 0 Å². The predicted molar refractivity (Wildman–Crippen MR) is 118 cm³/mol. The summed E-state index contributed by atoms with van der Waals surface area (Å²) >= 11 is 0. The Morgan fingerprint density at radius 3 is 2.52 bits per heavy atom. The van der Waals surface area contributed by atoms with Crippen molar-refractivity contribution in [2.45, 2.75) is 26.2 Å². The minimum Gasteiger partial charge on any atom is -0.494 e. The number of benzene rings is 2. The second-order valence-corrected chi connectivity index (χ2v) is 6.86. The number of carbonyl (C=O) groups excluding carboxylic acids is 1. The van der Waals surface area contributed by atoms with Crippen molar-refractivity contribution in [1.29, 1.82) is 0 Å². The van der Waals surface area contributed by atoms with Crippen molar-refractivity contribution in [2.75, 3.05) is 27.4 Å². The highest BCUT2D eigenvalue weighted by molar-refractivity contribution is 5.76. The maximum atomic E-state index is 12.2. The summed E-state index contributed by atoms with van der Waals surface area (Å²) in [6, 6.07) is 13.4. The summed E-state index contributed by atoms with van der Waals surface area (Å²) in [4.78, 5) is 16.4. The third-order valence-electron chi connectivity index (χ3n) is 4.75. The van der Waals surface area contributed by atoms with Gasteiger partial charge in [0.25, 0.3) is 0 Å². The van der Waals surface area contributed by atoms with Crippen LogP contribution < -0.4 is 19.5 Å². The van der Waals surface area contributed by atoms with Gasteiger partial charge in [-0.2, -0.15) is 0 Å². The van der Waals surface area contributed by atoms with Gasteiger partial charge in [-0.1, -0.05) is 6.07 Å². The molecule has 164 valence electrons. The molecule has 1 heterocycles. The monoisotopic (exact) mass is 424 g/mol. The maximum Gasteiger partial charge on any atom is 0.220 e. The van der Waals surface area contributed by atoms with Crippen LogP contribution in [0.1, 0.15) is 24.8 Å². The number of rotatable bonds is 11. The van der Waals surface area contributed by atoms with Gasteiger partial charge in [0.15, 0.2) is 23.1 Å². The van der Waals surface area contributed by atoms with E-state index < -0.39 is 0 Å². The summed E-state index contributed by atoms with van der Waals surface area (Å²) in [6.07, 6.45) is 3.14. The number of nitrogens with zero attached hydrogens (tertiary/aromatic N) is 1. The highest BCUT2D eigenvalue weighted by Crippen LogP contribution is 2.27. The molecule has 3 aromatic rings. The summed E-state index contributed by atoms with van der Waals surface area (Å²) in [5.41, 5.74) is 1.98. The van der Waals surface area contributed by atoms with E-state index in [0.717, 1.165) is 16.9 Å². The Morgan fingerprint density at radius 2 is 1.81 bits per heavy atom. The predicted octanol–water partition coefficient (Wildman–Crippen LogP) is 4.05. The van der Waals surface area contributed by atoms with E-state index in [-0.39, 0.29) is 5.91 Å². The summed E-state index contributed by atoms with van der Waals surface area (Å²) in [6.45, 7) is 3.11. The van der Waals surface area contributed by atoms with E-state index in [1.807, 2.05) is 49.4 Å². The van der Waals surface area contributed by atoms with E-state index in [2.05, 4.69) is 10.3 Å². The molecule has 1 amide bonds. The molecule has 7 heteroatoms. The molecule has 0 bridgehead atoms. The van der Waals surface area contributed by atoms with Crippen molar-refractivity contribution in [2.24, 2.45) is 0 Å². The van der Waals surface area contributed by atoms with Crippen LogP contribution >= 0.6 is 0 Å². The third kappa shape index (κ3) is 6.25. The van der Waals surface area contributed by atoms with E-state index in [9.17, 15) is 4.79 Å². The van der Waals surface area contributed by atoms with Crippen LogP contribution in [0, 0.1) is 0 Å². The quantitative estimate of drug-likeness (QED) is 0.500. The Morgan fingerprint density at radius 1 is 1.03 bits per heavy atom. The lowest BCUT2D eigenvalue weighted by atomic mass is 10.1. The number of aryl methyl sites for hydroxylation is 1. The van der Waals surface area contributed by atoms with Crippen molar-refractivity contribution in [3.63, 3.8) is 0 Å². The first-order valence-corrected chi connectivity index (χ1v) is 10.3. The number of nitrogens with one attached hydrogen (secondary N) is 1. The van der Waals surface area contributed by atoms with Crippen LogP contribution in [0.4, 0.5) is 0 Å². The van der Waals surface area contributed by atoms with Gasteiger partial charge in [-0.25, -0.2) is 4.98 Å². The largest absolute Gasteiger partial charge is 0.494 e. The number of amides is 1. The van der Waals surface area contributed by atoms with Crippen LogP contribution in [-0.4, -0.2) is 38.3 Å². The van der Waals surface area contributed by atoms with E-state index in [1.165, 1.54) is 0 Å². The third-order valence-corrected chi connectivity index (χ3v) is 4.75. The Kier molecular flexibility index (Phi) is 7.92. The van der Waals surface area contributed by atoms with Crippen LogP contribution in [-0.2, 0) is 17.6 Å². The number of aromatic nitrogens is 1. The van der Waals surface area contributed by atoms with Crippen LogP contribution in [0.3, 0.4) is 0 Å². The van der Waals surface area contributed by atoms with Gasteiger partial charge in [0.1, 0.15) is 5.75 Å². The first kappa shape index (κ1) is 22.2. The SMILES string of the molecule is CCOc1ccc(-c2cnc(CCC(=O)NCCc3ccc(OC)c(OC)c3)o2)cc1. The molecule has 0 saturated heterocycles. The molecule has 0 atom stereocenters. The summed E-state index contributed by atoms with van der Waals surface area (Å²) in [7, 11) is 3.21. The molecular formula is C24H28N2O5. The Balaban J connectivity index is 1.44. The van der Waals surface area contributed by atoms with Gasteiger partial charge in [-0.3, -0.25) is 4.79 Å². The zero-order valence-corrected chi connectivity index (χ0v) is 18.1. The van der Waals surface area contributed by atoms with Crippen LogP contribution in [0.5, 0.6) is 17.2 Å². The Hall–Kier alpha value is -3.48. The average Bonchev–Trinajstić information content (AvgIpc) is 3.27. The fraction of sp³-hybridized carbons (Fsp3) is 0.333. The van der Waals surface area contributed by atoms with Gasteiger partial charge < -0.3 is 23.9 Å². The second-order valence-electron chi connectivity index (χ2n) is 6.86. The smallest absolute Gasteiger partial charge is 0.220 e. The number of methoxy groups -OCH3 is 2.